The molecule has 19 heavy (non-hydrogen) atoms. The summed E-state index contributed by atoms with van der Waals surface area (Å²) in [6.45, 7) is 1.02. The smallest absolute Gasteiger partial charge is 0.270 e. The van der Waals surface area contributed by atoms with Crippen LogP contribution in [0.15, 0.2) is 48.8 Å². The molecule has 0 aliphatic carbocycles. The molecule has 1 aromatic carbocycles. The Morgan fingerprint density at radius 3 is 2.74 bits per heavy atom. The van der Waals surface area contributed by atoms with Crippen LogP contribution in [0.1, 0.15) is 21.5 Å². The third kappa shape index (κ3) is 2.48. The summed E-state index contributed by atoms with van der Waals surface area (Å²) >= 11 is 0. The van der Waals surface area contributed by atoms with E-state index in [2.05, 4.69) is 4.98 Å². The molecule has 0 unspecified atom stereocenters. The Balaban J connectivity index is 1.57. The van der Waals surface area contributed by atoms with Crippen molar-refractivity contribution in [2.45, 2.75) is 13.0 Å². The molecule has 0 N–H and O–H groups in total. The minimum absolute atomic E-state index is 0.0506. The lowest BCUT2D eigenvalue weighted by atomic mass is 10.1. The molecule has 0 spiro atoms. The van der Waals surface area contributed by atoms with Crippen molar-refractivity contribution in [1.82, 2.24) is 10.0 Å². The van der Waals surface area contributed by atoms with Crippen molar-refractivity contribution in [1.29, 1.82) is 0 Å². The standard InChI is InChI=1S/C15H14N2O2/c18-15-14-4-2-1-3-13(14)11-17(15)19-10-7-12-5-8-16-9-6-12/h1-6,8-9H,7,10-11H2. The third-order valence-corrected chi connectivity index (χ3v) is 3.18. The predicted molar refractivity (Wildman–Crippen MR) is 70.2 cm³/mol. The number of fused-ring (bicyclic) bond motifs is 1. The number of aromatic nitrogens is 1. The van der Waals surface area contributed by atoms with E-state index < -0.39 is 0 Å². The van der Waals surface area contributed by atoms with Crippen molar-refractivity contribution < 1.29 is 9.63 Å². The van der Waals surface area contributed by atoms with Gasteiger partial charge in [0.2, 0.25) is 0 Å². The topological polar surface area (TPSA) is 42.4 Å². The van der Waals surface area contributed by atoms with E-state index >= 15 is 0 Å². The van der Waals surface area contributed by atoms with Crippen molar-refractivity contribution in [3.8, 4) is 0 Å². The van der Waals surface area contributed by atoms with Crippen LogP contribution >= 0.6 is 0 Å². The van der Waals surface area contributed by atoms with E-state index in [0.717, 1.165) is 23.1 Å². The zero-order chi connectivity index (χ0) is 13.1. The number of hydroxylamine groups is 2. The summed E-state index contributed by atoms with van der Waals surface area (Å²) in [5.41, 5.74) is 2.92. The van der Waals surface area contributed by atoms with Gasteiger partial charge >= 0.3 is 0 Å². The summed E-state index contributed by atoms with van der Waals surface area (Å²) in [4.78, 5) is 21.6. The van der Waals surface area contributed by atoms with Crippen LogP contribution < -0.4 is 0 Å². The lowest BCUT2D eigenvalue weighted by Crippen LogP contribution is -2.25. The van der Waals surface area contributed by atoms with E-state index in [1.165, 1.54) is 5.06 Å². The van der Waals surface area contributed by atoms with Crippen molar-refractivity contribution in [2.75, 3.05) is 6.61 Å². The maximum atomic E-state index is 12.0. The quantitative estimate of drug-likeness (QED) is 0.840. The first-order valence-corrected chi connectivity index (χ1v) is 6.26. The monoisotopic (exact) mass is 254 g/mol. The molecule has 0 atom stereocenters. The Morgan fingerprint density at radius 2 is 1.95 bits per heavy atom. The van der Waals surface area contributed by atoms with E-state index in [9.17, 15) is 4.79 Å². The molecule has 0 radical (unpaired) electrons. The summed E-state index contributed by atoms with van der Waals surface area (Å²) in [5, 5.41) is 1.44. The van der Waals surface area contributed by atoms with Crippen molar-refractivity contribution in [3.05, 3.63) is 65.5 Å². The highest BCUT2D eigenvalue weighted by molar-refractivity contribution is 5.97. The summed E-state index contributed by atoms with van der Waals surface area (Å²) in [7, 11) is 0. The van der Waals surface area contributed by atoms with Gasteiger partial charge in [-0.05, 0) is 35.7 Å². The molecule has 4 heteroatoms. The molecule has 0 saturated heterocycles. The zero-order valence-electron chi connectivity index (χ0n) is 10.5. The van der Waals surface area contributed by atoms with Crippen LogP contribution in [-0.2, 0) is 17.8 Å². The van der Waals surface area contributed by atoms with Gasteiger partial charge in [0.1, 0.15) is 0 Å². The number of nitrogens with zero attached hydrogens (tertiary/aromatic N) is 2. The first-order chi connectivity index (χ1) is 9.34. The molecule has 0 saturated carbocycles. The van der Waals surface area contributed by atoms with Crippen LogP contribution in [0.4, 0.5) is 0 Å². The number of hydrogen-bond donors (Lipinski definition) is 0. The maximum Gasteiger partial charge on any atom is 0.278 e. The summed E-state index contributed by atoms with van der Waals surface area (Å²) in [6, 6.07) is 11.5. The van der Waals surface area contributed by atoms with E-state index in [4.69, 9.17) is 4.84 Å². The average molecular weight is 254 g/mol. The summed E-state index contributed by atoms with van der Waals surface area (Å²) in [6.07, 6.45) is 4.28. The van der Waals surface area contributed by atoms with Gasteiger partial charge in [-0.2, -0.15) is 0 Å². The van der Waals surface area contributed by atoms with Crippen LogP contribution in [0.2, 0.25) is 0 Å². The van der Waals surface area contributed by atoms with Gasteiger partial charge in [0.15, 0.2) is 0 Å². The van der Waals surface area contributed by atoms with Crippen molar-refractivity contribution in [2.24, 2.45) is 0 Å². The van der Waals surface area contributed by atoms with Crippen molar-refractivity contribution in [3.63, 3.8) is 0 Å². The van der Waals surface area contributed by atoms with Gasteiger partial charge in [0, 0.05) is 18.0 Å². The fraction of sp³-hybridized carbons (Fsp3) is 0.200. The van der Waals surface area contributed by atoms with Gasteiger partial charge in [-0.3, -0.25) is 14.6 Å². The molecule has 0 fully saturated rings. The second-order valence-corrected chi connectivity index (χ2v) is 4.44. The molecular formula is C15H14N2O2. The number of carbonyl (C=O) groups excluding carboxylic acids is 1. The number of benzene rings is 1. The minimum Gasteiger partial charge on any atom is -0.270 e. The van der Waals surface area contributed by atoms with E-state index in [0.29, 0.717) is 13.2 Å². The molecule has 0 bridgehead atoms. The summed E-state index contributed by atoms with van der Waals surface area (Å²) in [5.74, 6) is -0.0506. The molecule has 2 aromatic rings. The highest BCUT2D eigenvalue weighted by atomic mass is 16.7. The second-order valence-electron chi connectivity index (χ2n) is 4.44. The van der Waals surface area contributed by atoms with Crippen LogP contribution in [-0.4, -0.2) is 22.6 Å². The van der Waals surface area contributed by atoms with Crippen LogP contribution in [0, 0.1) is 0 Å². The van der Waals surface area contributed by atoms with Crippen LogP contribution in [0.5, 0.6) is 0 Å². The largest absolute Gasteiger partial charge is 0.278 e. The molecule has 2 heterocycles. The number of rotatable bonds is 4. The van der Waals surface area contributed by atoms with E-state index in [-0.39, 0.29) is 5.91 Å². The zero-order valence-corrected chi connectivity index (χ0v) is 10.5. The van der Waals surface area contributed by atoms with Crippen LogP contribution in [0.25, 0.3) is 0 Å². The number of hydrogen-bond acceptors (Lipinski definition) is 3. The normalized spacial score (nSPS) is 13.7. The molecule has 4 nitrogen and oxygen atoms in total. The predicted octanol–water partition coefficient (Wildman–Crippen LogP) is 2.21. The third-order valence-electron chi connectivity index (χ3n) is 3.18. The van der Waals surface area contributed by atoms with Gasteiger partial charge in [0.05, 0.1) is 13.2 Å². The van der Waals surface area contributed by atoms with E-state index in [1.807, 2.05) is 36.4 Å². The number of carbonyl (C=O) groups is 1. The van der Waals surface area contributed by atoms with Gasteiger partial charge in [-0.25, -0.2) is 5.06 Å². The lowest BCUT2D eigenvalue weighted by molar-refractivity contribution is -0.123. The number of pyridine rings is 1. The first-order valence-electron chi connectivity index (χ1n) is 6.26. The van der Waals surface area contributed by atoms with E-state index in [1.54, 1.807) is 12.4 Å². The Hall–Kier alpha value is -2.20. The lowest BCUT2D eigenvalue weighted by Gasteiger charge is -2.15. The summed E-state index contributed by atoms with van der Waals surface area (Å²) < 4.78 is 0. The Bertz CT molecular complexity index is 584. The molecule has 3 rings (SSSR count). The average Bonchev–Trinajstić information content (AvgIpc) is 2.78. The second kappa shape index (κ2) is 5.20. The maximum absolute atomic E-state index is 12.0. The number of amides is 1. The molecule has 96 valence electrons. The van der Waals surface area contributed by atoms with Crippen LogP contribution in [0.3, 0.4) is 0 Å². The molecular weight excluding hydrogens is 240 g/mol. The molecule has 1 aliphatic heterocycles. The molecule has 1 aliphatic rings. The molecule has 1 aromatic heterocycles. The first kappa shape index (κ1) is 11.9. The van der Waals surface area contributed by atoms with Gasteiger partial charge in [0.25, 0.3) is 5.91 Å². The van der Waals surface area contributed by atoms with Crippen molar-refractivity contribution >= 4 is 5.91 Å². The SMILES string of the molecule is O=C1c2ccccc2CN1OCCc1ccncc1. The highest BCUT2D eigenvalue weighted by Crippen LogP contribution is 2.22. The van der Waals surface area contributed by atoms with Gasteiger partial charge < -0.3 is 0 Å². The highest BCUT2D eigenvalue weighted by Gasteiger charge is 2.27. The minimum atomic E-state index is -0.0506. The Kier molecular flexibility index (Phi) is 3.25. The van der Waals surface area contributed by atoms with Gasteiger partial charge in [-0.1, -0.05) is 18.2 Å². The Labute approximate surface area is 111 Å². The molecule has 1 amide bonds. The van der Waals surface area contributed by atoms with Gasteiger partial charge in [-0.15, -0.1) is 0 Å². The fourth-order valence-electron chi connectivity index (χ4n) is 2.16. The fourth-order valence-corrected chi connectivity index (χ4v) is 2.16. The Morgan fingerprint density at radius 1 is 1.16 bits per heavy atom.